The van der Waals surface area contributed by atoms with Gasteiger partial charge in [0.05, 0.1) is 13.1 Å². The summed E-state index contributed by atoms with van der Waals surface area (Å²) in [4.78, 5) is 13.6. The summed E-state index contributed by atoms with van der Waals surface area (Å²) in [5.74, 6) is 3.76. The molecule has 1 aliphatic rings. The highest BCUT2D eigenvalue weighted by molar-refractivity contribution is 6.30. The van der Waals surface area contributed by atoms with Crippen molar-refractivity contribution < 1.29 is 4.52 Å². The largest absolute Gasteiger partial charge is 0.357 e. The molecule has 0 spiro atoms. The Morgan fingerprint density at radius 2 is 2.13 bits per heavy atom. The maximum Gasteiger partial charge on any atom is 0.228 e. The minimum absolute atomic E-state index is 0.260. The van der Waals surface area contributed by atoms with E-state index in [2.05, 4.69) is 35.8 Å². The van der Waals surface area contributed by atoms with Gasteiger partial charge in [-0.2, -0.15) is 10.1 Å². The van der Waals surface area contributed by atoms with Gasteiger partial charge in [0, 0.05) is 36.0 Å². The Morgan fingerprint density at radius 3 is 2.93 bits per heavy atom. The molecule has 10 heteroatoms. The van der Waals surface area contributed by atoms with E-state index in [0.717, 1.165) is 49.1 Å². The summed E-state index contributed by atoms with van der Waals surface area (Å²) in [6, 6.07) is 7.61. The second kappa shape index (κ2) is 9.25. The van der Waals surface area contributed by atoms with Gasteiger partial charge in [0.25, 0.3) is 0 Å². The van der Waals surface area contributed by atoms with E-state index in [1.807, 2.05) is 30.7 Å². The fourth-order valence-electron chi connectivity index (χ4n) is 3.40. The van der Waals surface area contributed by atoms with Crippen LogP contribution in [0.15, 0.2) is 33.8 Å². The number of halogens is 1. The van der Waals surface area contributed by atoms with Crippen LogP contribution in [0.1, 0.15) is 30.9 Å². The molecule has 2 aromatic heterocycles. The smallest absolute Gasteiger partial charge is 0.228 e. The molecule has 0 bridgehead atoms. The third kappa shape index (κ3) is 4.96. The maximum atomic E-state index is 5.93. The molecule has 3 heterocycles. The molecular weight excluding hydrogens is 404 g/mol. The molecule has 158 valence electrons. The van der Waals surface area contributed by atoms with Crippen LogP contribution in [0.3, 0.4) is 0 Å². The SMILES string of the molecule is CCNC(=NCCc1nc(-c2ccc(Cl)cc2)no1)NC1CCc2nc(C)nn2C1. The maximum absolute atomic E-state index is 5.93. The Balaban J connectivity index is 1.34. The zero-order valence-corrected chi connectivity index (χ0v) is 17.9. The molecule has 0 saturated carbocycles. The van der Waals surface area contributed by atoms with Crippen LogP contribution < -0.4 is 10.6 Å². The number of nitrogens with zero attached hydrogens (tertiary/aromatic N) is 6. The van der Waals surface area contributed by atoms with E-state index in [9.17, 15) is 0 Å². The van der Waals surface area contributed by atoms with E-state index >= 15 is 0 Å². The Kier molecular flexibility index (Phi) is 6.27. The lowest BCUT2D eigenvalue weighted by molar-refractivity contribution is 0.379. The van der Waals surface area contributed by atoms with E-state index in [1.54, 1.807) is 12.1 Å². The Morgan fingerprint density at radius 1 is 1.30 bits per heavy atom. The van der Waals surface area contributed by atoms with Crippen molar-refractivity contribution in [1.29, 1.82) is 0 Å². The number of hydrogen-bond acceptors (Lipinski definition) is 6. The van der Waals surface area contributed by atoms with Gasteiger partial charge >= 0.3 is 0 Å². The number of aryl methyl sites for hydroxylation is 2. The van der Waals surface area contributed by atoms with Crippen LogP contribution >= 0.6 is 11.6 Å². The number of aliphatic imine (C=N–C) groups is 1. The van der Waals surface area contributed by atoms with Gasteiger partial charge in [-0.25, -0.2) is 9.67 Å². The molecule has 1 aromatic carbocycles. The van der Waals surface area contributed by atoms with Crippen molar-refractivity contribution in [3.63, 3.8) is 0 Å². The van der Waals surface area contributed by atoms with Gasteiger partial charge in [-0.1, -0.05) is 16.8 Å². The summed E-state index contributed by atoms with van der Waals surface area (Å²) in [6.07, 6.45) is 2.47. The van der Waals surface area contributed by atoms with Crippen molar-refractivity contribution in [2.24, 2.45) is 4.99 Å². The quantitative estimate of drug-likeness (QED) is 0.458. The lowest BCUT2D eigenvalue weighted by atomic mass is 10.1. The lowest BCUT2D eigenvalue weighted by Crippen LogP contribution is -2.47. The molecule has 1 aliphatic heterocycles. The highest BCUT2D eigenvalue weighted by Crippen LogP contribution is 2.18. The Labute approximate surface area is 179 Å². The van der Waals surface area contributed by atoms with Gasteiger partial charge in [0.1, 0.15) is 11.6 Å². The Bertz CT molecular complexity index is 1010. The molecule has 0 saturated heterocycles. The minimum atomic E-state index is 0.260. The fourth-order valence-corrected chi connectivity index (χ4v) is 3.53. The molecule has 0 fully saturated rings. The number of aromatic nitrogens is 5. The monoisotopic (exact) mass is 428 g/mol. The first-order valence-electron chi connectivity index (χ1n) is 10.1. The number of nitrogens with one attached hydrogen (secondary N) is 2. The van der Waals surface area contributed by atoms with Gasteiger partial charge in [0.15, 0.2) is 5.96 Å². The number of rotatable bonds is 6. The molecule has 3 aromatic rings. The summed E-state index contributed by atoms with van der Waals surface area (Å²) in [6.45, 7) is 6.09. The number of hydrogen-bond donors (Lipinski definition) is 2. The minimum Gasteiger partial charge on any atom is -0.357 e. The summed E-state index contributed by atoms with van der Waals surface area (Å²) in [5.41, 5.74) is 0.868. The summed E-state index contributed by atoms with van der Waals surface area (Å²) >= 11 is 5.93. The van der Waals surface area contributed by atoms with Crippen LogP contribution in [0, 0.1) is 6.92 Å². The summed E-state index contributed by atoms with van der Waals surface area (Å²) in [5, 5.41) is 16.0. The molecule has 1 atom stereocenters. The van der Waals surface area contributed by atoms with E-state index in [-0.39, 0.29) is 6.04 Å². The van der Waals surface area contributed by atoms with E-state index in [1.165, 1.54) is 0 Å². The molecule has 0 amide bonds. The molecule has 4 rings (SSSR count). The third-order valence-corrected chi connectivity index (χ3v) is 5.07. The van der Waals surface area contributed by atoms with Crippen molar-refractivity contribution >= 4 is 17.6 Å². The van der Waals surface area contributed by atoms with Gasteiger partial charge in [-0.3, -0.25) is 4.99 Å². The van der Waals surface area contributed by atoms with Gasteiger partial charge in [-0.15, -0.1) is 0 Å². The number of benzene rings is 1. The van der Waals surface area contributed by atoms with Crippen LogP contribution in [-0.2, 0) is 19.4 Å². The summed E-state index contributed by atoms with van der Waals surface area (Å²) < 4.78 is 7.34. The zero-order valence-electron chi connectivity index (χ0n) is 17.1. The molecule has 30 heavy (non-hydrogen) atoms. The van der Waals surface area contributed by atoms with Crippen LogP contribution in [0.2, 0.25) is 5.02 Å². The first kappa shape index (κ1) is 20.3. The third-order valence-electron chi connectivity index (χ3n) is 4.82. The van der Waals surface area contributed by atoms with Crippen LogP contribution in [0.5, 0.6) is 0 Å². The van der Waals surface area contributed by atoms with E-state index in [0.29, 0.717) is 29.7 Å². The number of guanidine groups is 1. The summed E-state index contributed by atoms with van der Waals surface area (Å²) in [7, 11) is 0. The van der Waals surface area contributed by atoms with Crippen LogP contribution in [0.4, 0.5) is 0 Å². The Hall–Kier alpha value is -2.94. The topological polar surface area (TPSA) is 106 Å². The molecular formula is C20H25ClN8O. The van der Waals surface area contributed by atoms with E-state index in [4.69, 9.17) is 16.1 Å². The molecule has 0 aliphatic carbocycles. The average molecular weight is 429 g/mol. The highest BCUT2D eigenvalue weighted by Gasteiger charge is 2.21. The normalized spacial score (nSPS) is 16.4. The van der Waals surface area contributed by atoms with Crippen molar-refractivity contribution in [2.75, 3.05) is 13.1 Å². The van der Waals surface area contributed by atoms with Crippen molar-refractivity contribution in [3.05, 3.63) is 46.8 Å². The van der Waals surface area contributed by atoms with Gasteiger partial charge in [0.2, 0.25) is 11.7 Å². The van der Waals surface area contributed by atoms with Gasteiger partial charge in [-0.05, 0) is 44.5 Å². The van der Waals surface area contributed by atoms with Crippen LogP contribution in [-0.4, -0.2) is 50.0 Å². The molecule has 0 radical (unpaired) electrons. The van der Waals surface area contributed by atoms with Crippen LogP contribution in [0.25, 0.3) is 11.4 Å². The zero-order chi connectivity index (χ0) is 20.9. The second-order valence-corrected chi connectivity index (χ2v) is 7.60. The van der Waals surface area contributed by atoms with Crippen molar-refractivity contribution in [1.82, 2.24) is 35.5 Å². The second-order valence-electron chi connectivity index (χ2n) is 7.17. The fraction of sp³-hybridized carbons (Fsp3) is 0.450. The predicted octanol–water partition coefficient (Wildman–Crippen LogP) is 2.40. The lowest BCUT2D eigenvalue weighted by Gasteiger charge is -2.25. The average Bonchev–Trinajstić information content (AvgIpc) is 3.34. The van der Waals surface area contributed by atoms with Crippen molar-refractivity contribution in [2.45, 2.75) is 45.7 Å². The first-order valence-corrected chi connectivity index (χ1v) is 10.5. The molecule has 1 unspecified atom stereocenters. The number of fused-ring (bicyclic) bond motifs is 1. The molecule has 9 nitrogen and oxygen atoms in total. The highest BCUT2D eigenvalue weighted by atomic mass is 35.5. The predicted molar refractivity (Wildman–Crippen MR) is 114 cm³/mol. The van der Waals surface area contributed by atoms with E-state index < -0.39 is 0 Å². The van der Waals surface area contributed by atoms with Gasteiger partial charge < -0.3 is 15.2 Å². The molecule has 2 N–H and O–H groups in total. The van der Waals surface area contributed by atoms with Crippen molar-refractivity contribution in [3.8, 4) is 11.4 Å². The standard InChI is InChI=1S/C20H25ClN8O/c1-3-22-20(25-16-8-9-17-24-13(2)27-29(17)12-16)23-11-10-18-26-19(28-30-18)14-4-6-15(21)7-5-14/h4-7,16H,3,8-12H2,1-2H3,(H2,22,23,25). The first-order chi connectivity index (χ1) is 14.6.